The average Bonchev–Trinajstić information content (AvgIpc) is 2.94. The molecule has 2 rings (SSSR count). The van der Waals surface area contributed by atoms with Crippen LogP contribution in [0.3, 0.4) is 0 Å². The summed E-state index contributed by atoms with van der Waals surface area (Å²) in [6.07, 6.45) is -11.6. The van der Waals surface area contributed by atoms with E-state index in [0.29, 0.717) is 0 Å². The largest absolute Gasteiger partial charge is 0.391 e. The van der Waals surface area contributed by atoms with Gasteiger partial charge in [0.25, 0.3) is 0 Å². The van der Waals surface area contributed by atoms with Gasteiger partial charge in [0.05, 0.1) is 64.1 Å². The molecule has 256 valence electrons. The highest BCUT2D eigenvalue weighted by Crippen LogP contribution is 2.34. The quantitative estimate of drug-likeness (QED) is 0.126. The first-order valence-corrected chi connectivity index (χ1v) is 14.7. The summed E-state index contributed by atoms with van der Waals surface area (Å²) in [6, 6.07) is 0. The van der Waals surface area contributed by atoms with Gasteiger partial charge in [-0.05, 0) is 27.7 Å². The molecule has 0 aromatic heterocycles. The molecule has 0 saturated carbocycles. The summed E-state index contributed by atoms with van der Waals surface area (Å²) in [5, 5.41) is 39.7. The molecule has 4 N–H and O–H groups in total. The summed E-state index contributed by atoms with van der Waals surface area (Å²) < 4.78 is 65.7. The van der Waals surface area contributed by atoms with Gasteiger partial charge in [-0.1, -0.05) is 0 Å². The Morgan fingerprint density at radius 2 is 1.00 bits per heavy atom. The normalized spacial score (nSPS) is 36.3. The molecule has 2 fully saturated rings. The zero-order valence-corrected chi connectivity index (χ0v) is 26.6. The number of ether oxygens (including phenoxy) is 11. The second-order valence-electron chi connectivity index (χ2n) is 11.1. The number of methoxy groups -OCH3 is 4. The molecule has 0 amide bonds. The number of hydrogen-bond acceptors (Lipinski definition) is 15. The fourth-order valence-electron chi connectivity index (χ4n) is 5.01. The lowest BCUT2D eigenvalue weighted by atomic mass is 9.96. The molecule has 0 radical (unpaired) electrons. The van der Waals surface area contributed by atoms with Gasteiger partial charge in [-0.15, -0.1) is 0 Å². The van der Waals surface area contributed by atoms with E-state index >= 15 is 0 Å². The predicted octanol–water partition coefficient (Wildman–Crippen LogP) is -1.16. The molecule has 0 unspecified atom stereocenters. The van der Waals surface area contributed by atoms with Crippen molar-refractivity contribution in [1.29, 1.82) is 0 Å². The van der Waals surface area contributed by atoms with Crippen molar-refractivity contribution in [2.45, 2.75) is 114 Å². The van der Waals surface area contributed by atoms with Crippen LogP contribution in [-0.2, 0) is 52.1 Å². The van der Waals surface area contributed by atoms with E-state index in [-0.39, 0.29) is 39.6 Å². The minimum atomic E-state index is -1.10. The van der Waals surface area contributed by atoms with Crippen LogP contribution in [0.15, 0.2) is 0 Å². The van der Waals surface area contributed by atoms with Crippen LogP contribution in [0, 0.1) is 0 Å². The average molecular weight is 631 g/mol. The van der Waals surface area contributed by atoms with E-state index < -0.39 is 85.8 Å². The van der Waals surface area contributed by atoms with E-state index in [2.05, 4.69) is 0 Å². The minimum Gasteiger partial charge on any atom is -0.391 e. The molecule has 2 aliphatic rings. The lowest BCUT2D eigenvalue weighted by Crippen LogP contribution is -2.66. The Balaban J connectivity index is 2.51. The fraction of sp³-hybridized carbons (Fsp3) is 1.00. The van der Waals surface area contributed by atoms with Crippen molar-refractivity contribution in [1.82, 2.24) is 0 Å². The van der Waals surface area contributed by atoms with Crippen molar-refractivity contribution in [3.05, 3.63) is 0 Å². The van der Waals surface area contributed by atoms with Gasteiger partial charge in [0.1, 0.15) is 48.8 Å². The molecule has 15 heteroatoms. The standard InChI is InChI=1S/C28H54O15/c1-15(29)9-37-14-20-22(24(38-10-16(2)30)25(36-8)27(41-20)40-12-18(4)32)43-28-26(39-11-17(3)31)23(35-7)21(34-6)19(42-28)13-33-5/h15-32H,9-14H2,1-8H3/t15-,16-,17+,18-,19+,20+,21+,22+,23-,24-,25+,26+,27+,28+/m0/s1. The Bertz CT molecular complexity index is 726. The number of aliphatic hydroxyl groups is 4. The molecular weight excluding hydrogens is 576 g/mol. The molecule has 2 aliphatic heterocycles. The van der Waals surface area contributed by atoms with Gasteiger partial charge in [-0.3, -0.25) is 0 Å². The van der Waals surface area contributed by atoms with Gasteiger partial charge in [-0.2, -0.15) is 0 Å². The highest BCUT2D eigenvalue weighted by molar-refractivity contribution is 4.97. The van der Waals surface area contributed by atoms with Crippen LogP contribution < -0.4 is 0 Å². The highest BCUT2D eigenvalue weighted by atomic mass is 16.8. The Morgan fingerprint density at radius 1 is 0.512 bits per heavy atom. The van der Waals surface area contributed by atoms with E-state index in [4.69, 9.17) is 52.1 Å². The first-order valence-electron chi connectivity index (χ1n) is 14.7. The predicted molar refractivity (Wildman–Crippen MR) is 149 cm³/mol. The Hall–Kier alpha value is -0.600. The summed E-state index contributed by atoms with van der Waals surface area (Å²) in [7, 11) is 6.02. The Labute approximate surface area is 254 Å². The topological polar surface area (TPSA) is 182 Å². The van der Waals surface area contributed by atoms with E-state index in [1.165, 1.54) is 28.4 Å². The molecule has 0 spiro atoms. The SMILES string of the molecule is COC[C@H]1O[C@H](O[C@H]2[C@H](OC[C@H](C)O)[C@@H](OC)[C@H](OC[C@H](C)O)O[C@@H]2COC[C@H](C)O)[C@H](OC[C@@H](C)O)[C@@H](OC)[C@@H]1OC. The number of aliphatic hydroxyl groups excluding tert-OH is 4. The molecule has 0 bridgehead atoms. The molecule has 0 aromatic rings. The summed E-state index contributed by atoms with van der Waals surface area (Å²) in [5.41, 5.74) is 0. The van der Waals surface area contributed by atoms with Crippen LogP contribution in [0.25, 0.3) is 0 Å². The van der Waals surface area contributed by atoms with Gasteiger partial charge >= 0.3 is 0 Å². The van der Waals surface area contributed by atoms with Gasteiger partial charge in [0, 0.05) is 28.4 Å². The summed E-state index contributed by atoms with van der Waals surface area (Å²) in [5.74, 6) is 0. The van der Waals surface area contributed by atoms with Gasteiger partial charge in [0.2, 0.25) is 0 Å². The third kappa shape index (κ3) is 11.9. The molecule has 14 atom stereocenters. The monoisotopic (exact) mass is 630 g/mol. The van der Waals surface area contributed by atoms with Crippen LogP contribution in [0.5, 0.6) is 0 Å². The van der Waals surface area contributed by atoms with Crippen LogP contribution in [0.2, 0.25) is 0 Å². The maximum atomic E-state index is 10.1. The molecule has 43 heavy (non-hydrogen) atoms. The highest BCUT2D eigenvalue weighted by Gasteiger charge is 2.54. The first-order chi connectivity index (χ1) is 20.5. The summed E-state index contributed by atoms with van der Waals surface area (Å²) >= 11 is 0. The second-order valence-corrected chi connectivity index (χ2v) is 11.1. The zero-order valence-electron chi connectivity index (χ0n) is 26.6. The lowest BCUT2D eigenvalue weighted by molar-refractivity contribution is -0.373. The smallest absolute Gasteiger partial charge is 0.187 e. The van der Waals surface area contributed by atoms with Gasteiger partial charge in [-0.25, -0.2) is 0 Å². The van der Waals surface area contributed by atoms with Crippen LogP contribution >= 0.6 is 0 Å². The lowest BCUT2D eigenvalue weighted by Gasteiger charge is -2.49. The van der Waals surface area contributed by atoms with Crippen molar-refractivity contribution < 1.29 is 72.5 Å². The van der Waals surface area contributed by atoms with Crippen molar-refractivity contribution in [3.8, 4) is 0 Å². The summed E-state index contributed by atoms with van der Waals surface area (Å²) in [6.45, 7) is 6.30. The first kappa shape index (κ1) is 38.6. The molecule has 2 saturated heterocycles. The van der Waals surface area contributed by atoms with Gasteiger partial charge in [0.15, 0.2) is 12.6 Å². The summed E-state index contributed by atoms with van der Waals surface area (Å²) in [4.78, 5) is 0. The van der Waals surface area contributed by atoms with E-state index in [0.717, 1.165) is 0 Å². The second kappa shape index (κ2) is 19.8. The van der Waals surface area contributed by atoms with Crippen LogP contribution in [0.4, 0.5) is 0 Å². The molecule has 2 heterocycles. The zero-order chi connectivity index (χ0) is 32.1. The third-order valence-corrected chi connectivity index (χ3v) is 6.82. The van der Waals surface area contributed by atoms with Crippen molar-refractivity contribution in [2.75, 3.05) is 68.1 Å². The van der Waals surface area contributed by atoms with Gasteiger partial charge < -0.3 is 72.5 Å². The van der Waals surface area contributed by atoms with Crippen molar-refractivity contribution >= 4 is 0 Å². The molecule has 0 aliphatic carbocycles. The number of rotatable bonds is 20. The van der Waals surface area contributed by atoms with Crippen molar-refractivity contribution in [2.24, 2.45) is 0 Å². The maximum Gasteiger partial charge on any atom is 0.187 e. The van der Waals surface area contributed by atoms with Crippen LogP contribution in [0.1, 0.15) is 27.7 Å². The molecular formula is C28H54O15. The van der Waals surface area contributed by atoms with E-state index in [1.807, 2.05) is 0 Å². The Morgan fingerprint density at radius 3 is 1.51 bits per heavy atom. The minimum absolute atomic E-state index is 0.0237. The Kier molecular flexibility index (Phi) is 17.8. The van der Waals surface area contributed by atoms with Crippen LogP contribution in [-0.4, -0.2) is 174 Å². The maximum absolute atomic E-state index is 10.1. The van der Waals surface area contributed by atoms with E-state index in [9.17, 15) is 20.4 Å². The molecule has 15 nitrogen and oxygen atoms in total. The number of hydrogen-bond donors (Lipinski definition) is 4. The fourth-order valence-corrected chi connectivity index (χ4v) is 5.01. The van der Waals surface area contributed by atoms with Crippen molar-refractivity contribution in [3.63, 3.8) is 0 Å². The third-order valence-electron chi connectivity index (χ3n) is 6.82. The van der Waals surface area contributed by atoms with E-state index in [1.54, 1.807) is 27.7 Å². The molecule has 0 aromatic carbocycles.